The Morgan fingerprint density at radius 1 is 1.03 bits per heavy atom. The van der Waals surface area contributed by atoms with Crippen LogP contribution in [0.15, 0.2) is 60.7 Å². The standard InChI is InChI=1S/C26H26N2O6/c1-15-11-16(2)23(28(32)33)12-21(15)25(30)24(29)13-27-26(31)34-14-22-19-9-5-3-7-17(19)18-8-4-6-10-20(18)22/h3-12,22,24-25,29-30H,13-14H2,1-2H3,(H,27,31). The second kappa shape index (κ2) is 9.62. The zero-order valence-corrected chi connectivity index (χ0v) is 18.9. The van der Waals surface area contributed by atoms with Crippen molar-refractivity contribution in [1.29, 1.82) is 0 Å². The van der Waals surface area contributed by atoms with Gasteiger partial charge in [0.2, 0.25) is 0 Å². The lowest BCUT2D eigenvalue weighted by atomic mass is 9.96. The first-order valence-electron chi connectivity index (χ1n) is 11.0. The molecule has 0 bridgehead atoms. The van der Waals surface area contributed by atoms with E-state index >= 15 is 0 Å². The van der Waals surface area contributed by atoms with Crippen molar-refractivity contribution in [2.75, 3.05) is 13.2 Å². The number of rotatable bonds is 7. The Morgan fingerprint density at radius 3 is 2.21 bits per heavy atom. The van der Waals surface area contributed by atoms with Gasteiger partial charge in [-0.1, -0.05) is 48.5 Å². The molecule has 176 valence electrons. The van der Waals surface area contributed by atoms with Crippen LogP contribution in [0.4, 0.5) is 10.5 Å². The maximum atomic E-state index is 12.3. The smallest absolute Gasteiger partial charge is 0.407 e. The summed E-state index contributed by atoms with van der Waals surface area (Å²) < 4.78 is 5.43. The van der Waals surface area contributed by atoms with Crippen LogP contribution in [0.1, 0.15) is 39.8 Å². The number of aliphatic hydroxyl groups is 2. The SMILES string of the molecule is Cc1cc(C)c([N+](=O)[O-])cc1C(O)C(O)CNC(=O)OCC1c2ccccc2-c2ccccc21. The first-order chi connectivity index (χ1) is 16.3. The Labute approximate surface area is 197 Å². The maximum Gasteiger partial charge on any atom is 0.407 e. The normalized spacial score (nSPS) is 14.1. The number of nitro benzene ring substituents is 1. The van der Waals surface area contributed by atoms with Gasteiger partial charge in [-0.05, 0) is 53.3 Å². The second-order valence-electron chi connectivity index (χ2n) is 8.47. The number of fused-ring (bicyclic) bond motifs is 3. The van der Waals surface area contributed by atoms with E-state index in [0.29, 0.717) is 11.1 Å². The van der Waals surface area contributed by atoms with Crippen LogP contribution in [-0.2, 0) is 4.74 Å². The van der Waals surface area contributed by atoms with Crippen LogP contribution in [0.2, 0.25) is 0 Å². The molecule has 34 heavy (non-hydrogen) atoms. The minimum Gasteiger partial charge on any atom is -0.449 e. The number of benzene rings is 3. The van der Waals surface area contributed by atoms with Gasteiger partial charge in [0.15, 0.2) is 0 Å². The van der Waals surface area contributed by atoms with Crippen molar-refractivity contribution in [2.45, 2.75) is 32.0 Å². The van der Waals surface area contributed by atoms with Gasteiger partial charge in [-0.3, -0.25) is 10.1 Å². The average Bonchev–Trinajstić information content (AvgIpc) is 3.14. The van der Waals surface area contributed by atoms with Gasteiger partial charge in [0.25, 0.3) is 5.69 Å². The zero-order chi connectivity index (χ0) is 24.4. The molecule has 0 radical (unpaired) electrons. The van der Waals surface area contributed by atoms with E-state index in [2.05, 4.69) is 5.32 Å². The third-order valence-corrected chi connectivity index (χ3v) is 6.26. The van der Waals surface area contributed by atoms with Gasteiger partial charge in [-0.25, -0.2) is 4.79 Å². The van der Waals surface area contributed by atoms with Crippen LogP contribution in [-0.4, -0.2) is 40.5 Å². The lowest BCUT2D eigenvalue weighted by Gasteiger charge is -2.21. The summed E-state index contributed by atoms with van der Waals surface area (Å²) in [7, 11) is 0. The molecule has 2 unspecified atom stereocenters. The highest BCUT2D eigenvalue weighted by molar-refractivity contribution is 5.79. The Morgan fingerprint density at radius 2 is 1.62 bits per heavy atom. The second-order valence-corrected chi connectivity index (χ2v) is 8.47. The molecule has 1 aliphatic rings. The molecule has 8 heteroatoms. The molecule has 3 aromatic carbocycles. The minimum absolute atomic E-state index is 0.0931. The first-order valence-corrected chi connectivity index (χ1v) is 11.0. The number of aliphatic hydroxyl groups excluding tert-OH is 2. The molecule has 4 rings (SSSR count). The molecular weight excluding hydrogens is 436 g/mol. The number of hydrogen-bond acceptors (Lipinski definition) is 6. The topological polar surface area (TPSA) is 122 Å². The Kier molecular flexibility index (Phi) is 6.63. The van der Waals surface area contributed by atoms with Crippen molar-refractivity contribution < 1.29 is 24.7 Å². The summed E-state index contributed by atoms with van der Waals surface area (Å²) in [6.45, 7) is 3.15. The van der Waals surface area contributed by atoms with E-state index in [1.807, 2.05) is 48.5 Å². The maximum absolute atomic E-state index is 12.3. The largest absolute Gasteiger partial charge is 0.449 e. The molecule has 0 aromatic heterocycles. The highest BCUT2D eigenvalue weighted by Gasteiger charge is 2.29. The van der Waals surface area contributed by atoms with E-state index in [-0.39, 0.29) is 30.3 Å². The van der Waals surface area contributed by atoms with Crippen LogP contribution in [0.5, 0.6) is 0 Å². The Bertz CT molecular complexity index is 1200. The van der Waals surface area contributed by atoms with Crippen molar-refractivity contribution in [3.8, 4) is 11.1 Å². The van der Waals surface area contributed by atoms with Crippen molar-refractivity contribution in [3.05, 3.63) is 98.6 Å². The number of alkyl carbamates (subject to hydrolysis) is 1. The molecule has 1 aliphatic carbocycles. The number of hydrogen-bond donors (Lipinski definition) is 3. The highest BCUT2D eigenvalue weighted by atomic mass is 16.6. The number of ether oxygens (including phenoxy) is 1. The fourth-order valence-corrected chi connectivity index (χ4v) is 4.53. The van der Waals surface area contributed by atoms with Gasteiger partial charge in [0, 0.05) is 24.1 Å². The molecule has 0 spiro atoms. The molecule has 0 saturated carbocycles. The molecule has 3 aromatic rings. The van der Waals surface area contributed by atoms with E-state index in [1.54, 1.807) is 19.9 Å². The van der Waals surface area contributed by atoms with Crippen LogP contribution in [0, 0.1) is 24.0 Å². The molecule has 0 aliphatic heterocycles. The van der Waals surface area contributed by atoms with Gasteiger partial charge < -0.3 is 20.3 Å². The molecule has 2 atom stereocenters. The van der Waals surface area contributed by atoms with Crippen molar-refractivity contribution >= 4 is 11.8 Å². The molecule has 0 saturated heterocycles. The van der Waals surface area contributed by atoms with Crippen LogP contribution >= 0.6 is 0 Å². The summed E-state index contributed by atoms with van der Waals surface area (Å²) >= 11 is 0. The van der Waals surface area contributed by atoms with E-state index in [0.717, 1.165) is 22.3 Å². The van der Waals surface area contributed by atoms with Gasteiger partial charge in [0.05, 0.1) is 4.92 Å². The number of amides is 1. The number of nitrogens with zero attached hydrogens (tertiary/aromatic N) is 1. The van der Waals surface area contributed by atoms with Crippen LogP contribution in [0.25, 0.3) is 11.1 Å². The lowest BCUT2D eigenvalue weighted by Crippen LogP contribution is -2.36. The molecule has 3 N–H and O–H groups in total. The fraction of sp³-hybridized carbons (Fsp3) is 0.269. The Balaban J connectivity index is 1.37. The molecule has 1 amide bonds. The number of nitro groups is 1. The summed E-state index contributed by atoms with van der Waals surface area (Å²) in [6, 6.07) is 18.8. The minimum atomic E-state index is -1.41. The predicted molar refractivity (Wildman–Crippen MR) is 127 cm³/mol. The van der Waals surface area contributed by atoms with Crippen molar-refractivity contribution in [2.24, 2.45) is 0 Å². The summed E-state index contributed by atoms with van der Waals surface area (Å²) in [5.41, 5.74) is 5.57. The Hall–Kier alpha value is -3.75. The number of carbonyl (C=O) groups is 1. The summed E-state index contributed by atoms with van der Waals surface area (Å²) in [5.74, 6) is -0.0931. The quantitative estimate of drug-likeness (QED) is 0.358. The average molecular weight is 463 g/mol. The third-order valence-electron chi connectivity index (χ3n) is 6.26. The van der Waals surface area contributed by atoms with E-state index in [1.165, 1.54) is 6.07 Å². The molecular formula is C26H26N2O6. The lowest BCUT2D eigenvalue weighted by molar-refractivity contribution is -0.385. The van der Waals surface area contributed by atoms with E-state index in [4.69, 9.17) is 4.74 Å². The molecule has 8 nitrogen and oxygen atoms in total. The van der Waals surface area contributed by atoms with Gasteiger partial charge in [-0.15, -0.1) is 0 Å². The number of nitrogens with one attached hydrogen (secondary N) is 1. The van der Waals surface area contributed by atoms with Crippen LogP contribution in [0.3, 0.4) is 0 Å². The van der Waals surface area contributed by atoms with Crippen molar-refractivity contribution in [1.82, 2.24) is 5.32 Å². The number of aryl methyl sites for hydroxylation is 2. The van der Waals surface area contributed by atoms with Crippen molar-refractivity contribution in [3.63, 3.8) is 0 Å². The van der Waals surface area contributed by atoms with Gasteiger partial charge in [-0.2, -0.15) is 0 Å². The van der Waals surface area contributed by atoms with Crippen LogP contribution < -0.4 is 5.32 Å². The summed E-state index contributed by atoms with van der Waals surface area (Å²) in [5, 5.41) is 34.6. The monoisotopic (exact) mass is 462 g/mol. The van der Waals surface area contributed by atoms with Gasteiger partial charge in [0.1, 0.15) is 18.8 Å². The van der Waals surface area contributed by atoms with Gasteiger partial charge >= 0.3 is 6.09 Å². The fourth-order valence-electron chi connectivity index (χ4n) is 4.53. The third kappa shape index (κ3) is 4.50. The number of carbonyl (C=O) groups excluding carboxylic acids is 1. The first kappa shape index (κ1) is 23.4. The van der Waals surface area contributed by atoms with E-state index in [9.17, 15) is 25.1 Å². The molecule has 0 fully saturated rings. The van der Waals surface area contributed by atoms with E-state index < -0.39 is 23.2 Å². The summed E-state index contributed by atoms with van der Waals surface area (Å²) in [4.78, 5) is 23.0. The molecule has 0 heterocycles. The zero-order valence-electron chi connectivity index (χ0n) is 18.9. The predicted octanol–water partition coefficient (Wildman–Crippen LogP) is 4.14. The highest BCUT2D eigenvalue weighted by Crippen LogP contribution is 2.44. The summed E-state index contributed by atoms with van der Waals surface area (Å²) in [6.07, 6.45) is -3.51.